The number of unbranched alkanes of at least 4 members (excludes halogenated alkanes) is 1. The second kappa shape index (κ2) is 8.10. The number of rotatable bonds is 9. The van der Waals surface area contributed by atoms with Gasteiger partial charge in [-0.1, -0.05) is 13.3 Å². The lowest BCUT2D eigenvalue weighted by molar-refractivity contribution is -0.140. The number of furan rings is 1. The second-order valence-corrected chi connectivity index (χ2v) is 8.17. The molecule has 0 spiro atoms. The molecule has 1 aromatic carbocycles. The number of sulfonamides is 1. The van der Waals surface area contributed by atoms with Crippen molar-refractivity contribution in [2.75, 3.05) is 13.7 Å². The third-order valence-corrected chi connectivity index (χ3v) is 6.26. The van der Waals surface area contributed by atoms with Gasteiger partial charge < -0.3 is 14.3 Å². The Morgan fingerprint density at radius 1 is 1.33 bits per heavy atom. The van der Waals surface area contributed by atoms with Crippen molar-refractivity contribution in [3.05, 3.63) is 24.0 Å². The normalized spacial score (nSPS) is 13.1. The standard InChI is InChI=1S/C18H23NO7S/c1-5-6-9-25-14-7-8-16(13-10-15(12(3)20)26-17(13)14)27(23,24)19(4)11(2)18(21)22/h7-8,10-11H,5-6,9H2,1-4H3,(H,21,22). The fourth-order valence-electron chi connectivity index (χ4n) is 2.43. The first-order valence-corrected chi connectivity index (χ1v) is 9.96. The summed E-state index contributed by atoms with van der Waals surface area (Å²) in [5.74, 6) is -1.30. The van der Waals surface area contributed by atoms with Crippen LogP contribution in [0, 0.1) is 0 Å². The first-order valence-electron chi connectivity index (χ1n) is 8.52. The smallest absolute Gasteiger partial charge is 0.321 e. The van der Waals surface area contributed by atoms with Crippen molar-refractivity contribution in [1.29, 1.82) is 0 Å². The van der Waals surface area contributed by atoms with E-state index in [1.807, 2.05) is 6.92 Å². The predicted molar refractivity (Wildman–Crippen MR) is 98.7 cm³/mol. The van der Waals surface area contributed by atoms with E-state index >= 15 is 0 Å². The van der Waals surface area contributed by atoms with E-state index in [-0.39, 0.29) is 27.4 Å². The number of benzene rings is 1. The van der Waals surface area contributed by atoms with Gasteiger partial charge in [-0.05, 0) is 31.5 Å². The van der Waals surface area contributed by atoms with Crippen molar-refractivity contribution in [3.8, 4) is 5.75 Å². The highest BCUT2D eigenvalue weighted by molar-refractivity contribution is 7.89. The summed E-state index contributed by atoms with van der Waals surface area (Å²) in [6.07, 6.45) is 1.73. The van der Waals surface area contributed by atoms with E-state index in [4.69, 9.17) is 14.3 Å². The number of hydrogen-bond acceptors (Lipinski definition) is 6. The molecule has 8 nitrogen and oxygen atoms in total. The number of carboxylic acid groups (broad SMARTS) is 1. The number of aliphatic carboxylic acids is 1. The minimum atomic E-state index is -4.14. The van der Waals surface area contributed by atoms with Gasteiger partial charge in [-0.2, -0.15) is 4.31 Å². The van der Waals surface area contributed by atoms with Gasteiger partial charge in [0.1, 0.15) is 6.04 Å². The third kappa shape index (κ3) is 4.14. The van der Waals surface area contributed by atoms with Crippen molar-refractivity contribution in [3.63, 3.8) is 0 Å². The van der Waals surface area contributed by atoms with Gasteiger partial charge in [0.25, 0.3) is 0 Å². The highest BCUT2D eigenvalue weighted by Gasteiger charge is 2.32. The molecular weight excluding hydrogens is 374 g/mol. The first-order chi connectivity index (χ1) is 12.6. The van der Waals surface area contributed by atoms with E-state index in [0.29, 0.717) is 12.4 Å². The number of ketones is 1. The Morgan fingerprint density at radius 2 is 2.00 bits per heavy atom. The monoisotopic (exact) mass is 397 g/mol. The summed E-state index contributed by atoms with van der Waals surface area (Å²) in [4.78, 5) is 22.7. The Morgan fingerprint density at radius 3 is 2.56 bits per heavy atom. The topological polar surface area (TPSA) is 114 Å². The largest absolute Gasteiger partial charge is 0.490 e. The van der Waals surface area contributed by atoms with Crippen LogP contribution in [-0.2, 0) is 14.8 Å². The molecule has 0 fully saturated rings. The molecule has 0 aliphatic heterocycles. The molecule has 9 heteroatoms. The molecule has 0 radical (unpaired) electrons. The minimum absolute atomic E-state index is 0.00178. The number of Topliss-reactive ketones (excluding diaryl/α,β-unsaturated/α-hetero) is 1. The van der Waals surface area contributed by atoms with Crippen molar-refractivity contribution < 1.29 is 32.3 Å². The molecule has 2 rings (SSSR count). The zero-order chi connectivity index (χ0) is 20.4. The Bertz CT molecular complexity index is 961. The SMILES string of the molecule is CCCCOc1ccc(S(=O)(=O)N(C)C(C)C(=O)O)c2cc(C(C)=O)oc12. The maximum Gasteiger partial charge on any atom is 0.321 e. The van der Waals surface area contributed by atoms with E-state index in [2.05, 4.69) is 0 Å². The summed E-state index contributed by atoms with van der Waals surface area (Å²) in [6.45, 7) is 5.01. The van der Waals surface area contributed by atoms with Crippen molar-refractivity contribution in [1.82, 2.24) is 4.31 Å². The van der Waals surface area contributed by atoms with Crippen LogP contribution in [0.2, 0.25) is 0 Å². The molecule has 0 amide bonds. The van der Waals surface area contributed by atoms with E-state index < -0.39 is 22.0 Å². The van der Waals surface area contributed by atoms with Gasteiger partial charge in [-0.3, -0.25) is 9.59 Å². The summed E-state index contributed by atoms with van der Waals surface area (Å²) in [5, 5.41) is 9.31. The molecule has 0 aliphatic rings. The van der Waals surface area contributed by atoms with Crippen LogP contribution >= 0.6 is 0 Å². The number of fused-ring (bicyclic) bond motifs is 1. The maximum atomic E-state index is 12.9. The summed E-state index contributed by atoms with van der Waals surface area (Å²) in [5.41, 5.74) is 0.147. The van der Waals surface area contributed by atoms with Gasteiger partial charge in [-0.25, -0.2) is 8.42 Å². The van der Waals surface area contributed by atoms with E-state index in [1.165, 1.54) is 39.1 Å². The summed E-state index contributed by atoms with van der Waals surface area (Å²) in [7, 11) is -2.95. The van der Waals surface area contributed by atoms with Crippen molar-refractivity contribution in [2.45, 2.75) is 44.6 Å². The molecule has 1 N–H and O–H groups in total. The molecule has 0 saturated carbocycles. The highest BCUT2D eigenvalue weighted by Crippen LogP contribution is 2.35. The Labute approximate surface area is 157 Å². The maximum absolute atomic E-state index is 12.9. The lowest BCUT2D eigenvalue weighted by Gasteiger charge is -2.21. The van der Waals surface area contributed by atoms with Crippen LogP contribution in [0.5, 0.6) is 5.75 Å². The molecule has 1 heterocycles. The van der Waals surface area contributed by atoms with Gasteiger partial charge in [0.2, 0.25) is 10.0 Å². The van der Waals surface area contributed by atoms with Crippen LogP contribution in [-0.4, -0.2) is 49.3 Å². The Kier molecular flexibility index (Phi) is 6.27. The lowest BCUT2D eigenvalue weighted by atomic mass is 10.2. The number of carbonyl (C=O) groups excluding carboxylic acids is 1. The molecule has 1 aromatic heterocycles. The van der Waals surface area contributed by atoms with Crippen LogP contribution in [0.4, 0.5) is 0 Å². The Balaban J connectivity index is 2.62. The minimum Gasteiger partial charge on any atom is -0.490 e. The van der Waals surface area contributed by atoms with E-state index in [0.717, 1.165) is 17.1 Å². The summed E-state index contributed by atoms with van der Waals surface area (Å²) >= 11 is 0. The molecule has 0 bridgehead atoms. The molecule has 1 unspecified atom stereocenters. The fourth-order valence-corrected chi connectivity index (χ4v) is 3.92. The molecule has 148 valence electrons. The first kappa shape index (κ1) is 20.9. The van der Waals surface area contributed by atoms with Crippen molar-refractivity contribution >= 4 is 32.7 Å². The molecule has 2 aromatic rings. The lowest BCUT2D eigenvalue weighted by Crippen LogP contribution is -2.40. The molecule has 0 aliphatic carbocycles. The molecule has 27 heavy (non-hydrogen) atoms. The van der Waals surface area contributed by atoms with Crippen LogP contribution in [0.25, 0.3) is 11.0 Å². The molecular formula is C18H23NO7S. The van der Waals surface area contributed by atoms with Gasteiger partial charge in [0, 0.05) is 19.4 Å². The summed E-state index contributed by atoms with van der Waals surface area (Å²) < 4.78 is 37.8. The molecule has 0 saturated heterocycles. The third-order valence-electron chi connectivity index (χ3n) is 4.27. The van der Waals surface area contributed by atoms with Crippen LogP contribution < -0.4 is 4.74 Å². The van der Waals surface area contributed by atoms with Gasteiger partial charge in [-0.15, -0.1) is 0 Å². The van der Waals surface area contributed by atoms with Crippen LogP contribution in [0.15, 0.2) is 27.5 Å². The molecule has 1 atom stereocenters. The van der Waals surface area contributed by atoms with E-state index in [1.54, 1.807) is 0 Å². The van der Waals surface area contributed by atoms with Crippen molar-refractivity contribution in [2.24, 2.45) is 0 Å². The van der Waals surface area contributed by atoms with E-state index in [9.17, 15) is 18.0 Å². The Hall–Kier alpha value is -2.39. The number of likely N-dealkylation sites (N-methyl/N-ethyl adjacent to an activating group) is 1. The average molecular weight is 397 g/mol. The number of hydrogen-bond donors (Lipinski definition) is 1. The van der Waals surface area contributed by atoms with Gasteiger partial charge in [0.05, 0.1) is 11.5 Å². The average Bonchev–Trinajstić information content (AvgIpc) is 3.06. The zero-order valence-electron chi connectivity index (χ0n) is 15.7. The van der Waals surface area contributed by atoms with Gasteiger partial charge >= 0.3 is 5.97 Å². The van der Waals surface area contributed by atoms with Crippen LogP contribution in [0.3, 0.4) is 0 Å². The number of nitrogens with zero attached hydrogens (tertiary/aromatic N) is 1. The van der Waals surface area contributed by atoms with Gasteiger partial charge in [0.15, 0.2) is 22.9 Å². The highest BCUT2D eigenvalue weighted by atomic mass is 32.2. The van der Waals surface area contributed by atoms with Crippen LogP contribution in [0.1, 0.15) is 44.2 Å². The number of ether oxygens (including phenoxy) is 1. The second-order valence-electron chi connectivity index (χ2n) is 6.21. The number of carbonyl (C=O) groups is 2. The fraction of sp³-hybridized carbons (Fsp3) is 0.444. The zero-order valence-corrected chi connectivity index (χ0v) is 16.5. The number of carboxylic acids is 1. The predicted octanol–water partition coefficient (Wildman–Crippen LogP) is 2.91. The summed E-state index contributed by atoms with van der Waals surface area (Å²) in [6, 6.07) is 2.88. The quantitative estimate of drug-likeness (QED) is 0.511.